The highest BCUT2D eigenvalue weighted by Gasteiger charge is 2.10. The molecule has 0 heterocycles. The maximum Gasteiger partial charge on any atom is 0.252 e. The van der Waals surface area contributed by atoms with Crippen molar-refractivity contribution in [2.45, 2.75) is 13.5 Å². The lowest BCUT2D eigenvalue weighted by Gasteiger charge is -2.07. The second-order valence-electron chi connectivity index (χ2n) is 4.29. The zero-order chi connectivity index (χ0) is 13.8. The van der Waals surface area contributed by atoms with Crippen molar-refractivity contribution < 1.29 is 9.18 Å². The van der Waals surface area contributed by atoms with Crippen LogP contribution in [0.2, 0.25) is 0 Å². The van der Waals surface area contributed by atoms with E-state index in [1.165, 1.54) is 23.8 Å². The van der Waals surface area contributed by atoms with E-state index in [-0.39, 0.29) is 11.7 Å². The van der Waals surface area contributed by atoms with Gasteiger partial charge in [-0.05, 0) is 53.3 Å². The van der Waals surface area contributed by atoms with Crippen molar-refractivity contribution in [2.75, 3.05) is 0 Å². The zero-order valence-corrected chi connectivity index (χ0v) is 12.6. The van der Waals surface area contributed by atoms with Crippen molar-refractivity contribution in [3.05, 3.63) is 68.5 Å². The number of rotatable bonds is 3. The Bertz CT molecular complexity index is 596. The maximum absolute atomic E-state index is 13.0. The summed E-state index contributed by atoms with van der Waals surface area (Å²) in [7, 11) is 0. The molecule has 0 aliphatic rings. The van der Waals surface area contributed by atoms with Gasteiger partial charge in [0.1, 0.15) is 5.82 Å². The minimum atomic E-state index is -0.334. The minimum Gasteiger partial charge on any atom is -0.348 e. The molecule has 0 saturated heterocycles. The molecule has 0 saturated carbocycles. The van der Waals surface area contributed by atoms with Gasteiger partial charge in [0.05, 0.1) is 5.56 Å². The molecule has 0 aliphatic carbocycles. The highest BCUT2D eigenvalue weighted by molar-refractivity contribution is 14.1. The van der Waals surface area contributed by atoms with Crippen LogP contribution < -0.4 is 5.32 Å². The largest absolute Gasteiger partial charge is 0.348 e. The fourth-order valence-electron chi connectivity index (χ4n) is 1.66. The van der Waals surface area contributed by atoms with Crippen LogP contribution in [0, 0.1) is 16.3 Å². The van der Waals surface area contributed by atoms with Gasteiger partial charge in [-0.25, -0.2) is 4.39 Å². The summed E-state index contributed by atoms with van der Waals surface area (Å²) in [6, 6.07) is 12.1. The van der Waals surface area contributed by atoms with Gasteiger partial charge in [-0.3, -0.25) is 4.79 Å². The lowest BCUT2D eigenvalue weighted by Crippen LogP contribution is -2.23. The van der Waals surface area contributed by atoms with Crippen LogP contribution in [0.1, 0.15) is 21.5 Å². The summed E-state index contributed by atoms with van der Waals surface area (Å²) in [5.74, 6) is -0.524. The van der Waals surface area contributed by atoms with Crippen molar-refractivity contribution >= 4 is 28.5 Å². The third-order valence-corrected chi connectivity index (χ3v) is 3.64. The van der Waals surface area contributed by atoms with Crippen molar-refractivity contribution in [3.8, 4) is 0 Å². The molecule has 2 aromatic rings. The average molecular weight is 369 g/mol. The number of hydrogen-bond acceptors (Lipinski definition) is 1. The summed E-state index contributed by atoms with van der Waals surface area (Å²) in [5.41, 5.74) is 2.72. The van der Waals surface area contributed by atoms with E-state index in [1.54, 1.807) is 0 Å². The summed E-state index contributed by atoms with van der Waals surface area (Å²) in [6.07, 6.45) is 0. The summed E-state index contributed by atoms with van der Waals surface area (Å²) in [6.45, 7) is 2.48. The van der Waals surface area contributed by atoms with Crippen LogP contribution in [0.15, 0.2) is 42.5 Å². The van der Waals surface area contributed by atoms with Gasteiger partial charge >= 0.3 is 0 Å². The van der Waals surface area contributed by atoms with Crippen LogP contribution in [0.5, 0.6) is 0 Å². The Morgan fingerprint density at radius 2 is 1.89 bits per heavy atom. The molecule has 0 aliphatic heterocycles. The third kappa shape index (κ3) is 3.76. The first-order valence-corrected chi connectivity index (χ1v) is 6.93. The maximum atomic E-state index is 13.0. The number of carbonyl (C=O) groups excluding carboxylic acids is 1. The second kappa shape index (κ2) is 6.14. The lowest BCUT2D eigenvalue weighted by atomic mass is 10.1. The molecule has 1 N–H and O–H groups in total. The molecule has 19 heavy (non-hydrogen) atoms. The number of hydrogen-bond donors (Lipinski definition) is 1. The quantitative estimate of drug-likeness (QED) is 0.822. The number of halogens is 2. The van der Waals surface area contributed by atoms with Crippen LogP contribution in [-0.2, 0) is 6.54 Å². The molecule has 0 atom stereocenters. The summed E-state index contributed by atoms with van der Waals surface area (Å²) in [4.78, 5) is 12.0. The number of amides is 1. The molecular formula is C15H13FINO. The van der Waals surface area contributed by atoms with Gasteiger partial charge < -0.3 is 5.32 Å². The van der Waals surface area contributed by atoms with Gasteiger partial charge in [-0.1, -0.05) is 29.8 Å². The Morgan fingerprint density at radius 1 is 1.21 bits per heavy atom. The molecule has 98 valence electrons. The van der Waals surface area contributed by atoms with Crippen molar-refractivity contribution in [3.63, 3.8) is 0 Å². The minimum absolute atomic E-state index is 0.190. The standard InChI is InChI=1S/C15H13FINO/c1-10-2-4-11(5-3-10)9-18-15(19)13-7-6-12(16)8-14(13)17/h2-8H,9H2,1H3,(H,18,19). The highest BCUT2D eigenvalue weighted by Crippen LogP contribution is 2.14. The normalized spacial score (nSPS) is 10.3. The van der Waals surface area contributed by atoms with E-state index in [0.29, 0.717) is 15.7 Å². The first kappa shape index (κ1) is 14.0. The topological polar surface area (TPSA) is 29.1 Å². The summed E-state index contributed by atoms with van der Waals surface area (Å²) in [5, 5.41) is 2.83. The van der Waals surface area contributed by atoms with Crippen LogP contribution in [0.4, 0.5) is 4.39 Å². The molecule has 0 radical (unpaired) electrons. The van der Waals surface area contributed by atoms with Crippen molar-refractivity contribution in [1.29, 1.82) is 0 Å². The van der Waals surface area contributed by atoms with Crippen LogP contribution in [0.25, 0.3) is 0 Å². The monoisotopic (exact) mass is 369 g/mol. The van der Waals surface area contributed by atoms with Gasteiger partial charge in [0, 0.05) is 10.1 Å². The number of nitrogens with one attached hydrogen (secondary N) is 1. The van der Waals surface area contributed by atoms with E-state index in [0.717, 1.165) is 5.56 Å². The molecule has 0 fully saturated rings. The first-order valence-electron chi connectivity index (χ1n) is 5.85. The SMILES string of the molecule is Cc1ccc(CNC(=O)c2ccc(F)cc2I)cc1. The molecule has 0 spiro atoms. The van der Waals surface area contributed by atoms with E-state index in [9.17, 15) is 9.18 Å². The molecule has 2 rings (SSSR count). The van der Waals surface area contributed by atoms with E-state index >= 15 is 0 Å². The summed E-state index contributed by atoms with van der Waals surface area (Å²) < 4.78 is 13.6. The molecular weight excluding hydrogens is 356 g/mol. The third-order valence-electron chi connectivity index (χ3n) is 2.75. The van der Waals surface area contributed by atoms with E-state index in [1.807, 2.05) is 53.8 Å². The van der Waals surface area contributed by atoms with Gasteiger partial charge in [-0.2, -0.15) is 0 Å². The van der Waals surface area contributed by atoms with Gasteiger partial charge in [-0.15, -0.1) is 0 Å². The molecule has 0 bridgehead atoms. The predicted octanol–water partition coefficient (Wildman–Crippen LogP) is 3.67. The highest BCUT2D eigenvalue weighted by atomic mass is 127. The van der Waals surface area contributed by atoms with Gasteiger partial charge in [0.15, 0.2) is 0 Å². The van der Waals surface area contributed by atoms with Gasteiger partial charge in [0.25, 0.3) is 5.91 Å². The molecule has 4 heteroatoms. The molecule has 2 nitrogen and oxygen atoms in total. The molecule has 1 amide bonds. The Kier molecular flexibility index (Phi) is 4.52. The number of aryl methyl sites for hydroxylation is 1. The van der Waals surface area contributed by atoms with Crippen molar-refractivity contribution in [1.82, 2.24) is 5.32 Å². The molecule has 0 unspecified atom stereocenters. The predicted molar refractivity (Wildman–Crippen MR) is 81.5 cm³/mol. The fraction of sp³-hybridized carbons (Fsp3) is 0.133. The summed E-state index contributed by atoms with van der Waals surface area (Å²) >= 11 is 1.96. The Balaban J connectivity index is 2.03. The van der Waals surface area contributed by atoms with Crippen molar-refractivity contribution in [2.24, 2.45) is 0 Å². The number of benzene rings is 2. The Morgan fingerprint density at radius 3 is 2.53 bits per heavy atom. The van der Waals surface area contributed by atoms with Crippen LogP contribution in [0.3, 0.4) is 0 Å². The fourth-order valence-corrected chi connectivity index (χ4v) is 2.38. The van der Waals surface area contributed by atoms with E-state index in [2.05, 4.69) is 5.32 Å². The second-order valence-corrected chi connectivity index (χ2v) is 5.45. The first-order chi connectivity index (χ1) is 9.06. The Hall–Kier alpha value is -1.43. The van der Waals surface area contributed by atoms with E-state index in [4.69, 9.17) is 0 Å². The zero-order valence-electron chi connectivity index (χ0n) is 10.4. The number of carbonyl (C=O) groups is 1. The van der Waals surface area contributed by atoms with Crippen LogP contribution >= 0.6 is 22.6 Å². The Labute approximate surface area is 125 Å². The lowest BCUT2D eigenvalue weighted by molar-refractivity contribution is 0.0950. The van der Waals surface area contributed by atoms with E-state index < -0.39 is 0 Å². The molecule has 2 aromatic carbocycles. The smallest absolute Gasteiger partial charge is 0.252 e. The molecule has 0 aromatic heterocycles. The average Bonchev–Trinajstić information content (AvgIpc) is 2.37. The van der Waals surface area contributed by atoms with Crippen LogP contribution in [-0.4, -0.2) is 5.91 Å². The van der Waals surface area contributed by atoms with Gasteiger partial charge in [0.2, 0.25) is 0 Å².